The monoisotopic (exact) mass is 560 g/mol. The number of hydrogen-bond donors (Lipinski definition) is 0. The average Bonchev–Trinajstić information content (AvgIpc) is 3.61. The summed E-state index contributed by atoms with van der Waals surface area (Å²) in [5.41, 5.74) is 2.15. The Labute approximate surface area is 238 Å². The molecular formula is C30H36N6O3S. The second-order valence-electron chi connectivity index (χ2n) is 10.1. The number of aromatic nitrogens is 3. The fraction of sp³-hybridized carbons (Fsp3) is 0.433. The van der Waals surface area contributed by atoms with Gasteiger partial charge in [0.2, 0.25) is 17.7 Å². The van der Waals surface area contributed by atoms with Crippen LogP contribution in [0.3, 0.4) is 0 Å². The number of benzene rings is 2. The number of aryl methyl sites for hydroxylation is 2. The van der Waals surface area contributed by atoms with Gasteiger partial charge in [-0.3, -0.25) is 14.5 Å². The molecule has 4 aromatic rings. The Balaban J connectivity index is 1.00. The summed E-state index contributed by atoms with van der Waals surface area (Å²) >= 11 is 1.71. The SMILES string of the molecule is CCN(Cc1ccccc1)C(=O)CCc1nc(CN2CCN(C(=O)CCCc3nc4ccccc4s3)CC2)no1. The summed E-state index contributed by atoms with van der Waals surface area (Å²) in [5, 5.41) is 5.22. The van der Waals surface area contributed by atoms with E-state index >= 15 is 0 Å². The highest BCUT2D eigenvalue weighted by atomic mass is 32.1. The number of fused-ring (bicyclic) bond motifs is 1. The van der Waals surface area contributed by atoms with Crippen LogP contribution in [0.5, 0.6) is 0 Å². The van der Waals surface area contributed by atoms with Crippen LogP contribution in [0.1, 0.15) is 48.5 Å². The Bertz CT molecular complexity index is 1360. The summed E-state index contributed by atoms with van der Waals surface area (Å²) in [6, 6.07) is 18.2. The van der Waals surface area contributed by atoms with Gasteiger partial charge in [-0.25, -0.2) is 4.98 Å². The van der Waals surface area contributed by atoms with Gasteiger partial charge in [0, 0.05) is 58.5 Å². The zero-order chi connectivity index (χ0) is 27.7. The maximum absolute atomic E-state index is 12.7. The number of hydrogen-bond acceptors (Lipinski definition) is 8. The molecule has 0 spiro atoms. The molecule has 40 heavy (non-hydrogen) atoms. The van der Waals surface area contributed by atoms with E-state index in [1.807, 2.05) is 65.3 Å². The third-order valence-electron chi connectivity index (χ3n) is 7.22. The van der Waals surface area contributed by atoms with Crippen molar-refractivity contribution in [1.82, 2.24) is 29.8 Å². The minimum absolute atomic E-state index is 0.0759. The molecule has 5 rings (SSSR count). The van der Waals surface area contributed by atoms with Crippen molar-refractivity contribution in [2.75, 3.05) is 32.7 Å². The molecule has 1 aliphatic heterocycles. The summed E-state index contributed by atoms with van der Waals surface area (Å²) < 4.78 is 6.62. The smallest absolute Gasteiger partial charge is 0.227 e. The minimum Gasteiger partial charge on any atom is -0.340 e. The van der Waals surface area contributed by atoms with Crippen molar-refractivity contribution in [2.45, 2.75) is 52.1 Å². The molecule has 2 amide bonds. The highest BCUT2D eigenvalue weighted by Crippen LogP contribution is 2.23. The number of nitrogens with zero attached hydrogens (tertiary/aromatic N) is 6. The largest absolute Gasteiger partial charge is 0.340 e. The van der Waals surface area contributed by atoms with E-state index in [1.165, 1.54) is 4.70 Å². The van der Waals surface area contributed by atoms with Crippen LogP contribution >= 0.6 is 11.3 Å². The maximum Gasteiger partial charge on any atom is 0.227 e. The standard InChI is InChI=1S/C30H36N6O3S/c1-2-35(21-23-9-4-3-5-10-23)30(38)16-15-27-32-26(33-39-27)22-34-17-19-36(20-18-34)29(37)14-8-13-28-31-24-11-6-7-12-25(24)40-28/h3-7,9-12H,2,8,13-22H2,1H3. The minimum atomic E-state index is 0.0759. The fourth-order valence-electron chi connectivity index (χ4n) is 4.94. The van der Waals surface area contributed by atoms with Crippen LogP contribution in [-0.4, -0.2) is 74.4 Å². The normalized spacial score (nSPS) is 14.1. The molecule has 1 aliphatic rings. The number of amides is 2. The zero-order valence-corrected chi connectivity index (χ0v) is 23.8. The summed E-state index contributed by atoms with van der Waals surface area (Å²) in [7, 11) is 0. The lowest BCUT2D eigenvalue weighted by molar-refractivity contribution is -0.133. The first-order valence-corrected chi connectivity index (χ1v) is 14.9. The van der Waals surface area contributed by atoms with Crippen LogP contribution in [0.25, 0.3) is 10.2 Å². The summed E-state index contributed by atoms with van der Waals surface area (Å²) in [6.45, 7) is 6.77. The highest BCUT2D eigenvalue weighted by molar-refractivity contribution is 7.18. The molecule has 0 atom stereocenters. The van der Waals surface area contributed by atoms with Crippen LogP contribution in [0.2, 0.25) is 0 Å². The number of thiazole rings is 1. The summed E-state index contributed by atoms with van der Waals surface area (Å²) in [5.74, 6) is 1.39. The van der Waals surface area contributed by atoms with Crippen LogP contribution < -0.4 is 0 Å². The van der Waals surface area contributed by atoms with Crippen LogP contribution in [-0.2, 0) is 35.5 Å². The van der Waals surface area contributed by atoms with Gasteiger partial charge in [0.25, 0.3) is 0 Å². The first-order chi connectivity index (χ1) is 19.6. The van der Waals surface area contributed by atoms with Gasteiger partial charge < -0.3 is 14.3 Å². The number of carbonyl (C=O) groups excluding carboxylic acids is 2. The van der Waals surface area contributed by atoms with Crippen molar-refractivity contribution in [1.29, 1.82) is 0 Å². The lowest BCUT2D eigenvalue weighted by Crippen LogP contribution is -2.48. The molecule has 10 heteroatoms. The topological polar surface area (TPSA) is 95.7 Å². The van der Waals surface area contributed by atoms with Crippen molar-refractivity contribution in [3.63, 3.8) is 0 Å². The molecule has 210 valence electrons. The quantitative estimate of drug-likeness (QED) is 0.255. The predicted octanol–water partition coefficient (Wildman–Crippen LogP) is 4.33. The molecule has 2 aromatic carbocycles. The third kappa shape index (κ3) is 7.51. The van der Waals surface area contributed by atoms with Gasteiger partial charge in [-0.15, -0.1) is 11.3 Å². The van der Waals surface area contributed by atoms with Crippen molar-refractivity contribution in [3.05, 3.63) is 76.9 Å². The molecule has 0 N–H and O–H groups in total. The van der Waals surface area contributed by atoms with E-state index in [9.17, 15) is 9.59 Å². The number of para-hydroxylation sites is 1. The van der Waals surface area contributed by atoms with E-state index in [-0.39, 0.29) is 11.8 Å². The molecule has 0 saturated carbocycles. The molecule has 0 radical (unpaired) electrons. The first-order valence-electron chi connectivity index (χ1n) is 14.0. The lowest BCUT2D eigenvalue weighted by Gasteiger charge is -2.34. The van der Waals surface area contributed by atoms with E-state index in [2.05, 4.69) is 26.1 Å². The maximum atomic E-state index is 12.7. The zero-order valence-electron chi connectivity index (χ0n) is 23.0. The van der Waals surface area contributed by atoms with E-state index < -0.39 is 0 Å². The summed E-state index contributed by atoms with van der Waals surface area (Å²) in [6.07, 6.45) is 2.96. The molecule has 1 saturated heterocycles. The van der Waals surface area contributed by atoms with Crippen molar-refractivity contribution in [2.24, 2.45) is 0 Å². The van der Waals surface area contributed by atoms with Gasteiger partial charge in [-0.05, 0) is 37.5 Å². The molecule has 1 fully saturated rings. The molecule has 9 nitrogen and oxygen atoms in total. The Morgan fingerprint density at radius 2 is 1.73 bits per heavy atom. The second kappa shape index (κ2) is 13.6. The fourth-order valence-corrected chi connectivity index (χ4v) is 5.95. The summed E-state index contributed by atoms with van der Waals surface area (Å²) in [4.78, 5) is 40.7. The number of piperazine rings is 1. The van der Waals surface area contributed by atoms with Gasteiger partial charge in [-0.2, -0.15) is 4.98 Å². The third-order valence-corrected chi connectivity index (χ3v) is 8.32. The molecule has 3 heterocycles. The van der Waals surface area contributed by atoms with Gasteiger partial charge in [-0.1, -0.05) is 47.6 Å². The Morgan fingerprint density at radius 1 is 0.950 bits per heavy atom. The first kappa shape index (κ1) is 27.9. The van der Waals surface area contributed by atoms with Crippen LogP contribution in [0.15, 0.2) is 59.1 Å². The second-order valence-corrected chi connectivity index (χ2v) is 11.2. The van der Waals surface area contributed by atoms with Gasteiger partial charge in [0.15, 0.2) is 5.82 Å². The van der Waals surface area contributed by atoms with Gasteiger partial charge in [0.05, 0.1) is 21.8 Å². The van der Waals surface area contributed by atoms with Gasteiger partial charge >= 0.3 is 0 Å². The van der Waals surface area contributed by atoms with Crippen LogP contribution in [0.4, 0.5) is 0 Å². The van der Waals surface area contributed by atoms with E-state index in [1.54, 1.807) is 11.3 Å². The average molecular weight is 561 g/mol. The Morgan fingerprint density at radius 3 is 2.50 bits per heavy atom. The van der Waals surface area contributed by atoms with Gasteiger partial charge in [0.1, 0.15) is 0 Å². The highest BCUT2D eigenvalue weighted by Gasteiger charge is 2.22. The Kier molecular flexibility index (Phi) is 9.51. The molecule has 0 aliphatic carbocycles. The molecule has 0 bridgehead atoms. The van der Waals surface area contributed by atoms with E-state index in [4.69, 9.17) is 4.52 Å². The van der Waals surface area contributed by atoms with E-state index in [0.717, 1.165) is 42.0 Å². The Hall–Kier alpha value is -3.63. The van der Waals surface area contributed by atoms with Crippen molar-refractivity contribution < 1.29 is 14.1 Å². The predicted molar refractivity (Wildman–Crippen MR) is 155 cm³/mol. The number of rotatable bonds is 12. The van der Waals surface area contributed by atoms with Crippen LogP contribution in [0, 0.1) is 0 Å². The van der Waals surface area contributed by atoms with Crippen molar-refractivity contribution >= 4 is 33.4 Å². The lowest BCUT2D eigenvalue weighted by atomic mass is 10.2. The molecule has 2 aromatic heterocycles. The number of carbonyl (C=O) groups is 2. The van der Waals surface area contributed by atoms with E-state index in [0.29, 0.717) is 63.7 Å². The van der Waals surface area contributed by atoms with Crippen molar-refractivity contribution in [3.8, 4) is 0 Å². The molecular weight excluding hydrogens is 524 g/mol. The molecule has 0 unspecified atom stereocenters.